The van der Waals surface area contributed by atoms with Crippen LogP contribution in [0.15, 0.2) is 12.3 Å². The van der Waals surface area contributed by atoms with Gasteiger partial charge in [-0.15, -0.1) is 0 Å². The molecule has 0 aliphatic carbocycles. The molecule has 0 aromatic carbocycles. The summed E-state index contributed by atoms with van der Waals surface area (Å²) in [6.45, 7) is 4.14. The number of thiol groups is 1. The normalized spacial score (nSPS) is 9.12. The molecule has 0 unspecified atom stereocenters. The van der Waals surface area contributed by atoms with Crippen molar-refractivity contribution >= 4 is 12.8 Å². The smallest absolute Gasteiger partial charge is 0.0851 e. The Kier molecular flexibility index (Phi) is 4.90. The van der Waals surface area contributed by atoms with Crippen LogP contribution in [0.4, 0.5) is 0 Å². The number of allylic oxidation sites excluding steroid dienone is 1. The van der Waals surface area contributed by atoms with Crippen molar-refractivity contribution in [2.24, 2.45) is 0 Å². The summed E-state index contributed by atoms with van der Waals surface area (Å²) in [4.78, 5) is 0. The first-order chi connectivity index (χ1) is 3.77. The van der Waals surface area contributed by atoms with Crippen LogP contribution < -0.4 is 4.72 Å². The molecular weight excluding hydrogens is 122 g/mol. The van der Waals surface area contributed by atoms with E-state index < -0.39 is 0 Å². The number of aliphatic hydroxyl groups is 1. The Hall–Kier alpha value is -0.150. The lowest BCUT2D eigenvalue weighted by Gasteiger charge is -1.95. The Bertz CT molecular complexity index is 74.8. The maximum Gasteiger partial charge on any atom is 0.0851 e. The molecule has 0 aromatic rings. The van der Waals surface area contributed by atoms with Crippen molar-refractivity contribution in [3.63, 3.8) is 0 Å². The lowest BCUT2D eigenvalue weighted by Crippen LogP contribution is -2.00. The van der Waals surface area contributed by atoms with Gasteiger partial charge in [0.05, 0.1) is 5.76 Å². The van der Waals surface area contributed by atoms with E-state index in [0.717, 1.165) is 13.0 Å². The summed E-state index contributed by atoms with van der Waals surface area (Å²) in [5, 5.41) is 8.53. The van der Waals surface area contributed by atoms with Gasteiger partial charge < -0.3 is 5.11 Å². The van der Waals surface area contributed by atoms with Gasteiger partial charge in [0.2, 0.25) is 0 Å². The van der Waals surface area contributed by atoms with Crippen LogP contribution in [0.2, 0.25) is 0 Å². The summed E-state index contributed by atoms with van der Waals surface area (Å²) in [7, 11) is 0. The summed E-state index contributed by atoms with van der Waals surface area (Å²) >= 11 is 3.76. The Balaban J connectivity index is 2.82. The quantitative estimate of drug-likeness (QED) is 0.306. The van der Waals surface area contributed by atoms with Crippen molar-refractivity contribution in [2.75, 3.05) is 6.54 Å². The molecule has 0 amide bonds. The van der Waals surface area contributed by atoms with E-state index in [-0.39, 0.29) is 5.76 Å². The van der Waals surface area contributed by atoms with Gasteiger partial charge in [-0.3, -0.25) is 4.72 Å². The zero-order chi connectivity index (χ0) is 6.41. The highest BCUT2D eigenvalue weighted by Crippen LogP contribution is 1.94. The maximum atomic E-state index is 8.53. The fourth-order valence-corrected chi connectivity index (χ4v) is 0.530. The van der Waals surface area contributed by atoms with Crippen LogP contribution in [-0.2, 0) is 0 Å². The number of hydrogen-bond acceptors (Lipinski definition) is 3. The van der Waals surface area contributed by atoms with Crippen molar-refractivity contribution in [3.8, 4) is 0 Å². The SMILES string of the molecule is C=C(O)CCCNS. The van der Waals surface area contributed by atoms with Crippen LogP contribution >= 0.6 is 12.8 Å². The highest BCUT2D eigenvalue weighted by atomic mass is 32.1. The van der Waals surface area contributed by atoms with Crippen molar-refractivity contribution in [3.05, 3.63) is 12.3 Å². The molecule has 2 N–H and O–H groups in total. The minimum Gasteiger partial charge on any atom is -0.513 e. The van der Waals surface area contributed by atoms with Gasteiger partial charge in [0.15, 0.2) is 0 Å². The summed E-state index contributed by atoms with van der Waals surface area (Å²) in [5.41, 5.74) is 0. The minimum absolute atomic E-state index is 0.244. The largest absolute Gasteiger partial charge is 0.513 e. The molecular formula is C5H11NOS. The average molecular weight is 133 g/mol. The van der Waals surface area contributed by atoms with Gasteiger partial charge in [-0.2, -0.15) is 0 Å². The molecule has 0 bridgehead atoms. The van der Waals surface area contributed by atoms with E-state index in [1.165, 1.54) is 0 Å². The molecule has 0 fully saturated rings. The standard InChI is InChI=1S/C5H11NOS/c1-5(7)3-2-4-6-8/h6-8H,1-4H2. The molecule has 0 aromatic heterocycles. The Morgan fingerprint density at radius 2 is 2.38 bits per heavy atom. The molecule has 8 heavy (non-hydrogen) atoms. The van der Waals surface area contributed by atoms with E-state index in [1.54, 1.807) is 0 Å². The third-order valence-corrected chi connectivity index (χ3v) is 0.978. The van der Waals surface area contributed by atoms with Crippen LogP contribution in [0.1, 0.15) is 12.8 Å². The second kappa shape index (κ2) is 5.00. The van der Waals surface area contributed by atoms with Crippen molar-refractivity contribution in [1.82, 2.24) is 4.72 Å². The molecule has 0 atom stereocenters. The van der Waals surface area contributed by atoms with Crippen LogP contribution in [0.3, 0.4) is 0 Å². The zero-order valence-electron chi connectivity index (χ0n) is 4.72. The van der Waals surface area contributed by atoms with Gasteiger partial charge in [0.25, 0.3) is 0 Å². The number of nitrogens with one attached hydrogen (secondary N) is 1. The molecule has 2 nitrogen and oxygen atoms in total. The van der Waals surface area contributed by atoms with E-state index in [2.05, 4.69) is 24.1 Å². The van der Waals surface area contributed by atoms with E-state index in [4.69, 9.17) is 5.11 Å². The Morgan fingerprint density at radius 1 is 1.75 bits per heavy atom. The zero-order valence-corrected chi connectivity index (χ0v) is 5.62. The molecule has 0 rings (SSSR count). The van der Waals surface area contributed by atoms with Crippen molar-refractivity contribution in [2.45, 2.75) is 12.8 Å². The third-order valence-electron chi connectivity index (χ3n) is 0.754. The van der Waals surface area contributed by atoms with Crippen molar-refractivity contribution in [1.29, 1.82) is 0 Å². The first-order valence-electron chi connectivity index (χ1n) is 2.51. The fourth-order valence-electron chi connectivity index (χ4n) is 0.372. The molecule has 0 saturated carbocycles. The molecule has 3 heteroatoms. The van der Waals surface area contributed by atoms with E-state index in [9.17, 15) is 0 Å². The van der Waals surface area contributed by atoms with Gasteiger partial charge in [0.1, 0.15) is 0 Å². The predicted octanol–water partition coefficient (Wildman–Crippen LogP) is 1.27. The second-order valence-corrected chi connectivity index (χ2v) is 1.89. The molecule has 0 aliphatic rings. The third kappa shape index (κ3) is 5.85. The van der Waals surface area contributed by atoms with E-state index in [0.29, 0.717) is 6.42 Å². The number of hydrogen-bond donors (Lipinski definition) is 3. The summed E-state index contributed by atoms with van der Waals surface area (Å²) < 4.78 is 2.67. The van der Waals surface area contributed by atoms with Gasteiger partial charge in [-0.1, -0.05) is 19.4 Å². The first-order valence-corrected chi connectivity index (χ1v) is 2.96. The van der Waals surface area contributed by atoms with Crippen LogP contribution in [0.5, 0.6) is 0 Å². The van der Waals surface area contributed by atoms with Crippen molar-refractivity contribution < 1.29 is 5.11 Å². The minimum atomic E-state index is 0.244. The molecule has 0 radical (unpaired) electrons. The molecule has 0 aliphatic heterocycles. The van der Waals surface area contributed by atoms with Gasteiger partial charge in [0, 0.05) is 13.0 Å². The Morgan fingerprint density at radius 3 is 2.75 bits per heavy atom. The van der Waals surface area contributed by atoms with Crippen LogP contribution in [0.25, 0.3) is 0 Å². The van der Waals surface area contributed by atoms with Gasteiger partial charge in [-0.05, 0) is 6.42 Å². The Labute approximate surface area is 55.1 Å². The van der Waals surface area contributed by atoms with Gasteiger partial charge >= 0.3 is 0 Å². The average Bonchev–Trinajstić information content (AvgIpc) is 1.66. The summed E-state index contributed by atoms with van der Waals surface area (Å²) in [5.74, 6) is 0.244. The number of rotatable bonds is 4. The van der Waals surface area contributed by atoms with Crippen LogP contribution in [-0.4, -0.2) is 11.7 Å². The van der Waals surface area contributed by atoms with E-state index in [1.807, 2.05) is 0 Å². The highest BCUT2D eigenvalue weighted by molar-refractivity contribution is 7.78. The second-order valence-electron chi connectivity index (χ2n) is 1.58. The lowest BCUT2D eigenvalue weighted by molar-refractivity contribution is 0.387. The maximum absolute atomic E-state index is 8.53. The predicted molar refractivity (Wildman–Crippen MR) is 38.0 cm³/mol. The van der Waals surface area contributed by atoms with Crippen LogP contribution in [0, 0.1) is 0 Å². The highest BCUT2D eigenvalue weighted by Gasteiger charge is 1.86. The molecule has 48 valence electrons. The summed E-state index contributed by atoms with van der Waals surface area (Å²) in [6, 6.07) is 0. The first kappa shape index (κ1) is 7.85. The lowest BCUT2D eigenvalue weighted by atomic mass is 10.3. The van der Waals surface area contributed by atoms with E-state index >= 15 is 0 Å². The topological polar surface area (TPSA) is 32.3 Å². The molecule has 0 heterocycles. The molecule has 0 spiro atoms. The monoisotopic (exact) mass is 133 g/mol. The molecule has 0 saturated heterocycles. The van der Waals surface area contributed by atoms with Gasteiger partial charge in [-0.25, -0.2) is 0 Å². The summed E-state index contributed by atoms with van der Waals surface area (Å²) in [6.07, 6.45) is 1.55. The number of aliphatic hydroxyl groups excluding tert-OH is 1. The fraction of sp³-hybridized carbons (Fsp3) is 0.600.